The number of rotatable bonds is 4. The van der Waals surface area contributed by atoms with E-state index in [2.05, 4.69) is 5.32 Å². The molecule has 7 heteroatoms. The van der Waals surface area contributed by atoms with E-state index in [-0.39, 0.29) is 17.9 Å². The molecule has 1 aromatic heterocycles. The van der Waals surface area contributed by atoms with Crippen molar-refractivity contribution in [3.8, 4) is 5.75 Å². The SMILES string of the molecule is COc1cc2c(cc1NC(=O)[C@H](C)[NH+]1CCN(C(C)=O)CC1)oc1ccccc12. The summed E-state index contributed by atoms with van der Waals surface area (Å²) in [6.07, 6.45) is 0. The van der Waals surface area contributed by atoms with Gasteiger partial charge in [0, 0.05) is 23.8 Å². The molecule has 2 heterocycles. The number of methoxy groups -OCH3 is 1. The lowest BCUT2D eigenvalue weighted by Gasteiger charge is -2.34. The number of carbonyl (C=O) groups excluding carboxylic acids is 2. The molecule has 0 aliphatic carbocycles. The van der Waals surface area contributed by atoms with Crippen LogP contribution >= 0.6 is 0 Å². The van der Waals surface area contributed by atoms with E-state index in [1.165, 1.54) is 4.90 Å². The van der Waals surface area contributed by atoms with Crippen molar-refractivity contribution in [2.75, 3.05) is 38.6 Å². The van der Waals surface area contributed by atoms with Gasteiger partial charge in [-0.25, -0.2) is 0 Å². The highest BCUT2D eigenvalue weighted by atomic mass is 16.5. The summed E-state index contributed by atoms with van der Waals surface area (Å²) < 4.78 is 11.5. The first kappa shape index (κ1) is 19.3. The minimum absolute atomic E-state index is 0.0787. The largest absolute Gasteiger partial charge is 0.495 e. The molecule has 4 rings (SSSR count). The minimum Gasteiger partial charge on any atom is -0.495 e. The van der Waals surface area contributed by atoms with Crippen molar-refractivity contribution < 1.29 is 23.6 Å². The van der Waals surface area contributed by atoms with Crippen LogP contribution in [0.25, 0.3) is 21.9 Å². The molecule has 1 fully saturated rings. The van der Waals surface area contributed by atoms with Gasteiger partial charge in [-0.15, -0.1) is 0 Å². The molecule has 2 N–H and O–H groups in total. The van der Waals surface area contributed by atoms with Crippen molar-refractivity contribution in [3.63, 3.8) is 0 Å². The summed E-state index contributed by atoms with van der Waals surface area (Å²) >= 11 is 0. The number of carbonyl (C=O) groups is 2. The van der Waals surface area contributed by atoms with Crippen LogP contribution in [0.1, 0.15) is 13.8 Å². The predicted octanol–water partition coefficient (Wildman–Crippen LogP) is 1.67. The molecular weight excluding hydrogens is 370 g/mol. The van der Waals surface area contributed by atoms with Crippen LogP contribution in [0, 0.1) is 0 Å². The van der Waals surface area contributed by atoms with Crippen molar-refractivity contribution in [1.29, 1.82) is 0 Å². The van der Waals surface area contributed by atoms with Gasteiger partial charge in [-0.05, 0) is 19.1 Å². The van der Waals surface area contributed by atoms with Crippen molar-refractivity contribution in [3.05, 3.63) is 36.4 Å². The molecule has 2 amide bonds. The van der Waals surface area contributed by atoms with E-state index in [1.807, 2.05) is 48.2 Å². The smallest absolute Gasteiger partial charge is 0.282 e. The quantitative estimate of drug-likeness (QED) is 0.703. The molecule has 1 aliphatic rings. The van der Waals surface area contributed by atoms with E-state index in [4.69, 9.17) is 9.15 Å². The molecule has 152 valence electrons. The number of anilines is 1. The zero-order chi connectivity index (χ0) is 20.5. The number of amides is 2. The Labute approximate surface area is 169 Å². The van der Waals surface area contributed by atoms with Crippen LogP contribution in [0.15, 0.2) is 40.8 Å². The van der Waals surface area contributed by atoms with E-state index in [0.717, 1.165) is 29.4 Å². The Morgan fingerprint density at radius 2 is 1.86 bits per heavy atom. The number of nitrogens with zero attached hydrogens (tertiary/aromatic N) is 1. The van der Waals surface area contributed by atoms with Crippen LogP contribution in [0.3, 0.4) is 0 Å². The van der Waals surface area contributed by atoms with Gasteiger partial charge in [-0.3, -0.25) is 9.59 Å². The lowest BCUT2D eigenvalue weighted by atomic mass is 10.1. The van der Waals surface area contributed by atoms with E-state index in [9.17, 15) is 9.59 Å². The van der Waals surface area contributed by atoms with E-state index < -0.39 is 0 Å². The molecule has 1 aliphatic heterocycles. The summed E-state index contributed by atoms with van der Waals surface area (Å²) in [5.41, 5.74) is 2.10. The van der Waals surface area contributed by atoms with Crippen molar-refractivity contribution in [1.82, 2.24) is 4.90 Å². The van der Waals surface area contributed by atoms with E-state index >= 15 is 0 Å². The number of quaternary nitrogens is 1. The molecule has 1 saturated heterocycles. The molecule has 1 atom stereocenters. The molecular formula is C22H26N3O4+. The second kappa shape index (κ2) is 7.75. The molecule has 0 bridgehead atoms. The zero-order valence-corrected chi connectivity index (χ0v) is 17.0. The van der Waals surface area contributed by atoms with Crippen LogP contribution in [0.4, 0.5) is 5.69 Å². The number of benzene rings is 2. The minimum atomic E-state index is -0.236. The molecule has 29 heavy (non-hydrogen) atoms. The number of hydrogen-bond donors (Lipinski definition) is 2. The molecule has 0 saturated carbocycles. The maximum Gasteiger partial charge on any atom is 0.282 e. The van der Waals surface area contributed by atoms with E-state index in [0.29, 0.717) is 30.1 Å². The summed E-state index contributed by atoms with van der Waals surface area (Å²) in [7, 11) is 1.59. The Morgan fingerprint density at radius 1 is 1.14 bits per heavy atom. The number of hydrogen-bond acceptors (Lipinski definition) is 4. The third kappa shape index (κ3) is 3.65. The van der Waals surface area contributed by atoms with Crippen molar-refractivity contribution in [2.45, 2.75) is 19.9 Å². The lowest BCUT2D eigenvalue weighted by molar-refractivity contribution is -0.917. The Hall–Kier alpha value is -3.06. The fourth-order valence-corrected chi connectivity index (χ4v) is 3.99. The van der Waals surface area contributed by atoms with Gasteiger partial charge < -0.3 is 24.3 Å². The summed E-state index contributed by atoms with van der Waals surface area (Å²) in [5.74, 6) is 0.607. The van der Waals surface area contributed by atoms with Gasteiger partial charge in [-0.2, -0.15) is 0 Å². The first-order valence-corrected chi connectivity index (χ1v) is 9.88. The average Bonchev–Trinajstić information content (AvgIpc) is 3.09. The van der Waals surface area contributed by atoms with Crippen LogP contribution in [0.5, 0.6) is 5.75 Å². The second-order valence-electron chi connectivity index (χ2n) is 7.52. The lowest BCUT2D eigenvalue weighted by Crippen LogP contribution is -3.19. The predicted molar refractivity (Wildman–Crippen MR) is 111 cm³/mol. The number of furan rings is 1. The van der Waals surface area contributed by atoms with Gasteiger partial charge in [-0.1, -0.05) is 18.2 Å². The van der Waals surface area contributed by atoms with Gasteiger partial charge in [0.2, 0.25) is 5.91 Å². The number of para-hydroxylation sites is 1. The molecule has 0 unspecified atom stereocenters. The highest BCUT2D eigenvalue weighted by Crippen LogP contribution is 2.36. The third-order valence-electron chi connectivity index (χ3n) is 5.81. The first-order chi connectivity index (χ1) is 14.0. The summed E-state index contributed by atoms with van der Waals surface area (Å²) in [6.45, 7) is 6.37. The molecule has 7 nitrogen and oxygen atoms in total. The van der Waals surface area contributed by atoms with Crippen LogP contribution < -0.4 is 15.0 Å². The fourth-order valence-electron chi connectivity index (χ4n) is 3.99. The maximum absolute atomic E-state index is 12.9. The Balaban J connectivity index is 1.54. The Kier molecular flexibility index (Phi) is 5.15. The molecule has 2 aromatic carbocycles. The van der Waals surface area contributed by atoms with Gasteiger partial charge in [0.05, 0.1) is 39.0 Å². The topological polar surface area (TPSA) is 76.2 Å². The van der Waals surface area contributed by atoms with Gasteiger partial charge in [0.15, 0.2) is 6.04 Å². The van der Waals surface area contributed by atoms with Crippen LogP contribution in [0.2, 0.25) is 0 Å². The van der Waals surface area contributed by atoms with Gasteiger partial charge in [0.1, 0.15) is 16.9 Å². The van der Waals surface area contributed by atoms with Crippen molar-refractivity contribution >= 4 is 39.4 Å². The highest BCUT2D eigenvalue weighted by Gasteiger charge is 2.30. The average molecular weight is 396 g/mol. The normalized spacial score (nSPS) is 16.2. The first-order valence-electron chi connectivity index (χ1n) is 9.88. The van der Waals surface area contributed by atoms with Crippen LogP contribution in [-0.4, -0.2) is 56.0 Å². The molecule has 0 radical (unpaired) electrons. The number of ether oxygens (including phenoxy) is 1. The van der Waals surface area contributed by atoms with Gasteiger partial charge in [0.25, 0.3) is 5.91 Å². The summed E-state index contributed by atoms with van der Waals surface area (Å²) in [6, 6.07) is 11.3. The number of piperazine rings is 1. The number of fused-ring (bicyclic) bond motifs is 3. The fraction of sp³-hybridized carbons (Fsp3) is 0.364. The van der Waals surface area contributed by atoms with Gasteiger partial charge >= 0.3 is 0 Å². The standard InChI is InChI=1S/C22H25N3O4/c1-14(24-8-10-25(11-9-24)15(2)26)22(27)23-18-13-20-17(12-21(18)28-3)16-6-4-5-7-19(16)29-20/h4-7,12-14H,8-11H2,1-3H3,(H,23,27)/p+1/t14-/m0/s1. The summed E-state index contributed by atoms with van der Waals surface area (Å²) in [5, 5.41) is 4.97. The number of nitrogens with one attached hydrogen (secondary N) is 2. The monoisotopic (exact) mass is 396 g/mol. The Morgan fingerprint density at radius 3 is 2.55 bits per heavy atom. The zero-order valence-electron chi connectivity index (χ0n) is 17.0. The summed E-state index contributed by atoms with van der Waals surface area (Å²) in [4.78, 5) is 27.4. The maximum atomic E-state index is 12.9. The van der Waals surface area contributed by atoms with Crippen molar-refractivity contribution in [2.24, 2.45) is 0 Å². The molecule has 0 spiro atoms. The third-order valence-corrected chi connectivity index (χ3v) is 5.81. The highest BCUT2D eigenvalue weighted by molar-refractivity contribution is 6.08. The van der Waals surface area contributed by atoms with Crippen LogP contribution in [-0.2, 0) is 9.59 Å². The van der Waals surface area contributed by atoms with E-state index in [1.54, 1.807) is 14.0 Å². The molecule has 3 aromatic rings. The Bertz CT molecular complexity index is 1070. The second-order valence-corrected chi connectivity index (χ2v) is 7.52.